The van der Waals surface area contributed by atoms with Gasteiger partial charge in [0.15, 0.2) is 11.8 Å². The summed E-state index contributed by atoms with van der Waals surface area (Å²) in [7, 11) is 2.00. The SMILES string of the molecule is CCNC(=NCCc1noc(-c2ccccn2)n1)N(C)Cc1ccc(Cl)s1.I. The molecule has 0 saturated heterocycles. The molecule has 0 radical (unpaired) electrons. The molecule has 0 aromatic carbocycles. The minimum absolute atomic E-state index is 0. The predicted molar refractivity (Wildman–Crippen MR) is 123 cm³/mol. The quantitative estimate of drug-likeness (QED) is 0.280. The molecule has 3 heterocycles. The molecule has 10 heteroatoms. The Bertz CT molecular complexity index is 885. The van der Waals surface area contributed by atoms with Crippen LogP contribution in [0, 0.1) is 0 Å². The number of guanidine groups is 1. The summed E-state index contributed by atoms with van der Waals surface area (Å²) in [6, 6.07) is 9.51. The average molecular weight is 533 g/mol. The van der Waals surface area contributed by atoms with Gasteiger partial charge in [0.1, 0.15) is 5.69 Å². The van der Waals surface area contributed by atoms with E-state index in [0.717, 1.165) is 23.4 Å². The topological polar surface area (TPSA) is 79.4 Å². The monoisotopic (exact) mass is 532 g/mol. The first-order valence-corrected chi connectivity index (χ1v) is 9.83. The zero-order valence-electron chi connectivity index (χ0n) is 15.6. The van der Waals surface area contributed by atoms with Gasteiger partial charge in [0.25, 0.3) is 5.89 Å². The lowest BCUT2D eigenvalue weighted by Crippen LogP contribution is -2.38. The Morgan fingerprint density at radius 1 is 1.32 bits per heavy atom. The molecule has 3 rings (SSSR count). The highest BCUT2D eigenvalue weighted by Gasteiger charge is 2.11. The van der Waals surface area contributed by atoms with Gasteiger partial charge in [-0.05, 0) is 31.2 Å². The van der Waals surface area contributed by atoms with Crippen molar-refractivity contribution in [2.45, 2.75) is 19.9 Å². The van der Waals surface area contributed by atoms with Gasteiger partial charge in [0, 0.05) is 37.6 Å². The number of nitrogens with zero attached hydrogens (tertiary/aromatic N) is 5. The summed E-state index contributed by atoms with van der Waals surface area (Å²) in [4.78, 5) is 16.5. The summed E-state index contributed by atoms with van der Waals surface area (Å²) < 4.78 is 6.07. The number of hydrogen-bond acceptors (Lipinski definition) is 6. The average Bonchev–Trinajstić information content (AvgIpc) is 3.31. The predicted octanol–water partition coefficient (Wildman–Crippen LogP) is 4.10. The molecule has 3 aromatic rings. The van der Waals surface area contributed by atoms with E-state index in [9.17, 15) is 0 Å². The van der Waals surface area contributed by atoms with E-state index in [1.807, 2.05) is 44.3 Å². The van der Waals surface area contributed by atoms with E-state index in [-0.39, 0.29) is 24.0 Å². The molecule has 150 valence electrons. The van der Waals surface area contributed by atoms with Crippen LogP contribution in [0.2, 0.25) is 4.34 Å². The van der Waals surface area contributed by atoms with Gasteiger partial charge in [-0.2, -0.15) is 4.98 Å². The van der Waals surface area contributed by atoms with Gasteiger partial charge in [0.2, 0.25) is 0 Å². The second kappa shape index (κ2) is 11.3. The van der Waals surface area contributed by atoms with Crippen molar-refractivity contribution in [3.8, 4) is 11.6 Å². The lowest BCUT2D eigenvalue weighted by atomic mass is 10.3. The summed E-state index contributed by atoms with van der Waals surface area (Å²) in [6.07, 6.45) is 2.28. The second-order valence-corrected chi connectivity index (χ2v) is 7.58. The lowest BCUT2D eigenvalue weighted by molar-refractivity contribution is 0.421. The Kier molecular flexibility index (Phi) is 9.13. The first-order valence-electron chi connectivity index (χ1n) is 8.63. The first-order chi connectivity index (χ1) is 13.2. The maximum atomic E-state index is 6.01. The zero-order valence-corrected chi connectivity index (χ0v) is 19.5. The van der Waals surface area contributed by atoms with E-state index in [0.29, 0.717) is 30.4 Å². The van der Waals surface area contributed by atoms with Crippen molar-refractivity contribution in [1.82, 2.24) is 25.3 Å². The number of aromatic nitrogens is 3. The van der Waals surface area contributed by atoms with Gasteiger partial charge < -0.3 is 14.7 Å². The van der Waals surface area contributed by atoms with Crippen LogP contribution in [-0.2, 0) is 13.0 Å². The van der Waals surface area contributed by atoms with Crippen molar-refractivity contribution in [3.63, 3.8) is 0 Å². The van der Waals surface area contributed by atoms with Gasteiger partial charge in [0.05, 0.1) is 10.9 Å². The van der Waals surface area contributed by atoms with Crippen LogP contribution in [0.15, 0.2) is 46.0 Å². The number of thiophene rings is 1. The number of pyridine rings is 1. The van der Waals surface area contributed by atoms with Gasteiger partial charge in [-0.25, -0.2) is 0 Å². The minimum Gasteiger partial charge on any atom is -0.357 e. The molecular formula is C18H22ClIN6OS. The van der Waals surface area contributed by atoms with Crippen molar-refractivity contribution < 1.29 is 4.52 Å². The molecule has 1 N–H and O–H groups in total. The van der Waals surface area contributed by atoms with Crippen LogP contribution in [0.5, 0.6) is 0 Å². The number of nitrogens with one attached hydrogen (secondary N) is 1. The highest BCUT2D eigenvalue weighted by atomic mass is 127. The third kappa shape index (κ3) is 6.42. The maximum Gasteiger partial charge on any atom is 0.276 e. The lowest BCUT2D eigenvalue weighted by Gasteiger charge is -2.21. The number of aliphatic imine (C=N–C) groups is 1. The van der Waals surface area contributed by atoms with Crippen LogP contribution in [0.25, 0.3) is 11.6 Å². The molecule has 0 atom stereocenters. The molecule has 0 aliphatic heterocycles. The van der Waals surface area contributed by atoms with E-state index >= 15 is 0 Å². The van der Waals surface area contributed by atoms with Crippen molar-refractivity contribution in [1.29, 1.82) is 0 Å². The molecule has 0 fully saturated rings. The van der Waals surface area contributed by atoms with Crippen LogP contribution in [0.1, 0.15) is 17.6 Å². The summed E-state index contributed by atoms with van der Waals surface area (Å²) in [5, 5.41) is 7.31. The van der Waals surface area contributed by atoms with Gasteiger partial charge in [-0.3, -0.25) is 9.98 Å². The summed E-state index contributed by atoms with van der Waals surface area (Å²) in [5.41, 5.74) is 0.669. The molecule has 28 heavy (non-hydrogen) atoms. The molecule has 0 saturated carbocycles. The van der Waals surface area contributed by atoms with E-state index in [1.165, 1.54) is 4.88 Å². The molecule has 0 unspecified atom stereocenters. The summed E-state index contributed by atoms with van der Waals surface area (Å²) in [5.74, 6) is 1.87. The Hall–Kier alpha value is -1.72. The summed E-state index contributed by atoms with van der Waals surface area (Å²) >= 11 is 7.58. The third-order valence-corrected chi connectivity index (χ3v) is 4.88. The largest absolute Gasteiger partial charge is 0.357 e. The van der Waals surface area contributed by atoms with Crippen molar-refractivity contribution in [3.05, 3.63) is 51.6 Å². The Morgan fingerprint density at radius 2 is 2.18 bits per heavy atom. The van der Waals surface area contributed by atoms with Crippen LogP contribution in [0.4, 0.5) is 0 Å². The number of rotatable bonds is 7. The molecule has 7 nitrogen and oxygen atoms in total. The van der Waals surface area contributed by atoms with Crippen LogP contribution >= 0.6 is 46.9 Å². The molecule has 0 spiro atoms. The standard InChI is InChI=1S/C18H21ClN6OS.HI/c1-3-20-18(25(2)12-13-7-8-15(19)27-13)22-11-9-16-23-17(26-24-16)14-6-4-5-10-21-14;/h4-8,10H,3,9,11-12H2,1-2H3,(H,20,22);1H. The van der Waals surface area contributed by atoms with E-state index in [2.05, 4.69) is 30.3 Å². The van der Waals surface area contributed by atoms with Gasteiger partial charge >= 0.3 is 0 Å². The minimum atomic E-state index is 0. The van der Waals surface area contributed by atoms with Gasteiger partial charge in [-0.15, -0.1) is 35.3 Å². The summed E-state index contributed by atoms with van der Waals surface area (Å²) in [6.45, 7) is 4.14. The fourth-order valence-corrected chi connectivity index (χ4v) is 3.57. The number of halogens is 2. The molecule has 0 amide bonds. The number of hydrogen-bond donors (Lipinski definition) is 1. The smallest absolute Gasteiger partial charge is 0.276 e. The van der Waals surface area contributed by atoms with E-state index < -0.39 is 0 Å². The second-order valence-electron chi connectivity index (χ2n) is 5.78. The maximum absolute atomic E-state index is 6.01. The fraction of sp³-hybridized carbons (Fsp3) is 0.333. The Labute approximate surface area is 190 Å². The highest BCUT2D eigenvalue weighted by Crippen LogP contribution is 2.22. The third-order valence-electron chi connectivity index (χ3n) is 3.67. The fourth-order valence-electron chi connectivity index (χ4n) is 2.43. The van der Waals surface area contributed by atoms with Crippen LogP contribution in [0.3, 0.4) is 0 Å². The Balaban J connectivity index is 0.00000280. The van der Waals surface area contributed by atoms with Crippen LogP contribution < -0.4 is 5.32 Å². The van der Waals surface area contributed by atoms with Crippen molar-refractivity contribution in [2.24, 2.45) is 4.99 Å². The van der Waals surface area contributed by atoms with Crippen molar-refractivity contribution >= 4 is 52.9 Å². The van der Waals surface area contributed by atoms with Crippen LogP contribution in [-0.4, -0.2) is 46.1 Å². The molecule has 0 aliphatic carbocycles. The molecule has 0 aliphatic rings. The first kappa shape index (κ1) is 22.6. The Morgan fingerprint density at radius 3 is 2.86 bits per heavy atom. The van der Waals surface area contributed by atoms with E-state index in [4.69, 9.17) is 16.1 Å². The van der Waals surface area contributed by atoms with E-state index in [1.54, 1.807) is 17.5 Å². The zero-order chi connectivity index (χ0) is 19.1. The normalized spacial score (nSPS) is 11.2. The highest BCUT2D eigenvalue weighted by molar-refractivity contribution is 14.0. The molecule has 0 bridgehead atoms. The molecule has 3 aromatic heterocycles. The van der Waals surface area contributed by atoms with Gasteiger partial charge in [-0.1, -0.05) is 22.8 Å². The van der Waals surface area contributed by atoms with Crippen molar-refractivity contribution in [2.75, 3.05) is 20.1 Å². The molecular weight excluding hydrogens is 511 g/mol.